The van der Waals surface area contributed by atoms with Crippen LogP contribution in [0.2, 0.25) is 0 Å². The van der Waals surface area contributed by atoms with Gasteiger partial charge in [-0.1, -0.05) is 91.9 Å². The Hall–Kier alpha value is -3.75. The van der Waals surface area contributed by atoms with Crippen LogP contribution in [0.3, 0.4) is 0 Å². The molecule has 2 fully saturated rings. The Bertz CT molecular complexity index is 1340. The standard InChI is InChI=1S/C32H35N3O5/c1-2-31-15-9-17-33(21-23-11-5-3-6-12-23)28(37)25(31)26-29(38)35(19-20-36)27-30(39)34(18-10-16-32(26,27)40-31)22-24-13-7-4-8-14-24/h3-16,25-27,36H,2,17-22H2,1H3/t25-,26+,27?,31+,32+/m1/s1. The summed E-state index contributed by atoms with van der Waals surface area (Å²) in [6.45, 7) is 3.23. The highest BCUT2D eigenvalue weighted by atomic mass is 16.5. The summed E-state index contributed by atoms with van der Waals surface area (Å²) in [6, 6.07) is 18.5. The van der Waals surface area contributed by atoms with E-state index in [1.807, 2.05) is 91.9 Å². The van der Waals surface area contributed by atoms with Gasteiger partial charge in [-0.3, -0.25) is 14.4 Å². The summed E-state index contributed by atoms with van der Waals surface area (Å²) in [7, 11) is 0. The molecule has 8 heteroatoms. The van der Waals surface area contributed by atoms with Crippen LogP contribution in [0.25, 0.3) is 0 Å². The van der Waals surface area contributed by atoms with Gasteiger partial charge in [0.2, 0.25) is 17.7 Å². The van der Waals surface area contributed by atoms with Gasteiger partial charge in [0, 0.05) is 32.7 Å². The van der Waals surface area contributed by atoms with Crippen molar-refractivity contribution in [2.75, 3.05) is 26.2 Å². The summed E-state index contributed by atoms with van der Waals surface area (Å²) in [5, 5.41) is 9.92. The average molecular weight is 542 g/mol. The Kier molecular flexibility index (Phi) is 6.84. The molecule has 1 N–H and O–H groups in total. The van der Waals surface area contributed by atoms with Crippen molar-refractivity contribution < 1.29 is 24.2 Å². The Morgan fingerprint density at radius 2 is 1.38 bits per heavy atom. The third-order valence-corrected chi connectivity index (χ3v) is 8.88. The van der Waals surface area contributed by atoms with Gasteiger partial charge in [0.15, 0.2) is 0 Å². The van der Waals surface area contributed by atoms with Gasteiger partial charge in [-0.2, -0.15) is 0 Å². The Balaban J connectivity index is 1.41. The molecule has 2 aromatic rings. The van der Waals surface area contributed by atoms with Crippen LogP contribution in [0.1, 0.15) is 24.5 Å². The average Bonchev–Trinajstić information content (AvgIpc) is 3.26. The molecule has 1 spiro atoms. The molecular formula is C32H35N3O5. The highest BCUT2D eigenvalue weighted by Gasteiger charge is 2.75. The second-order valence-electron chi connectivity index (χ2n) is 11.1. The van der Waals surface area contributed by atoms with E-state index in [9.17, 15) is 19.5 Å². The molecule has 2 saturated heterocycles. The highest BCUT2D eigenvalue weighted by Crippen LogP contribution is 2.58. The van der Waals surface area contributed by atoms with E-state index >= 15 is 0 Å². The molecule has 0 radical (unpaired) electrons. The minimum absolute atomic E-state index is 0.00648. The summed E-state index contributed by atoms with van der Waals surface area (Å²) in [5.74, 6) is -2.38. The SMILES string of the molecule is CC[C@]12C=CCN(Cc3ccccc3)C(=O)[C@H]1[C@H]1C(=O)N(CCO)C3C(=O)N(Cc4ccccc4)CC=C[C@@]31O2. The minimum Gasteiger partial charge on any atom is -0.395 e. The molecular weight excluding hydrogens is 506 g/mol. The topological polar surface area (TPSA) is 90.4 Å². The molecule has 8 nitrogen and oxygen atoms in total. The number of carbonyl (C=O) groups excluding carboxylic acids is 3. The first-order valence-electron chi connectivity index (χ1n) is 14.1. The molecule has 208 valence electrons. The zero-order valence-electron chi connectivity index (χ0n) is 22.7. The van der Waals surface area contributed by atoms with Crippen LogP contribution in [0.5, 0.6) is 0 Å². The van der Waals surface area contributed by atoms with Crippen LogP contribution in [0, 0.1) is 11.8 Å². The van der Waals surface area contributed by atoms with Crippen LogP contribution in [-0.4, -0.2) is 81.0 Å². The maximum absolute atomic E-state index is 14.4. The quantitative estimate of drug-likeness (QED) is 0.545. The van der Waals surface area contributed by atoms with Gasteiger partial charge in [0.05, 0.1) is 24.0 Å². The number of likely N-dealkylation sites (tertiary alicyclic amines) is 1. The van der Waals surface area contributed by atoms with Crippen molar-refractivity contribution in [1.29, 1.82) is 0 Å². The predicted molar refractivity (Wildman–Crippen MR) is 148 cm³/mol. The number of β-amino-alcohol motifs (C(OH)–C–C–N with tert-alkyl or cyclic N) is 1. The molecule has 1 unspecified atom stereocenters. The van der Waals surface area contributed by atoms with Gasteiger partial charge in [-0.15, -0.1) is 0 Å². The van der Waals surface area contributed by atoms with Crippen LogP contribution in [-0.2, 0) is 32.2 Å². The van der Waals surface area contributed by atoms with Crippen molar-refractivity contribution in [3.63, 3.8) is 0 Å². The molecule has 4 heterocycles. The van der Waals surface area contributed by atoms with Crippen molar-refractivity contribution in [2.45, 2.75) is 43.7 Å². The monoisotopic (exact) mass is 541 g/mol. The van der Waals surface area contributed by atoms with Gasteiger partial charge < -0.3 is 24.5 Å². The fourth-order valence-corrected chi connectivity index (χ4v) is 7.10. The zero-order chi connectivity index (χ0) is 27.9. The number of hydrogen-bond donors (Lipinski definition) is 1. The van der Waals surface area contributed by atoms with Crippen LogP contribution in [0.15, 0.2) is 85.0 Å². The van der Waals surface area contributed by atoms with Crippen LogP contribution in [0.4, 0.5) is 0 Å². The number of amides is 3. The van der Waals surface area contributed by atoms with Gasteiger partial charge in [0.1, 0.15) is 11.6 Å². The van der Waals surface area contributed by atoms with Crippen molar-refractivity contribution in [1.82, 2.24) is 14.7 Å². The first-order valence-corrected chi connectivity index (χ1v) is 14.1. The number of aliphatic hydroxyl groups excluding tert-OH is 1. The normalized spacial score (nSPS) is 31.2. The first kappa shape index (κ1) is 26.5. The molecule has 0 bridgehead atoms. The summed E-state index contributed by atoms with van der Waals surface area (Å²) in [5.41, 5.74) is -0.357. The number of hydrogen-bond acceptors (Lipinski definition) is 5. The summed E-state index contributed by atoms with van der Waals surface area (Å²) in [4.78, 5) is 47.8. The Labute approximate surface area is 234 Å². The molecule has 0 saturated carbocycles. The number of rotatable bonds is 7. The first-order chi connectivity index (χ1) is 19.4. The van der Waals surface area contributed by atoms with Gasteiger partial charge in [-0.05, 0) is 17.5 Å². The number of aliphatic hydroxyl groups is 1. The van der Waals surface area contributed by atoms with Crippen molar-refractivity contribution in [2.24, 2.45) is 11.8 Å². The van der Waals surface area contributed by atoms with E-state index in [2.05, 4.69) is 0 Å². The fraction of sp³-hybridized carbons (Fsp3) is 0.406. The second kappa shape index (κ2) is 10.3. The van der Waals surface area contributed by atoms with E-state index in [4.69, 9.17) is 4.74 Å². The summed E-state index contributed by atoms with van der Waals surface area (Å²) in [6.07, 6.45) is 8.13. The van der Waals surface area contributed by atoms with E-state index in [1.54, 1.807) is 9.80 Å². The van der Waals surface area contributed by atoms with E-state index in [-0.39, 0.29) is 30.9 Å². The van der Waals surface area contributed by atoms with E-state index in [0.29, 0.717) is 32.6 Å². The minimum atomic E-state index is -1.31. The molecule has 0 aromatic heterocycles. The maximum Gasteiger partial charge on any atom is 0.249 e. The van der Waals surface area contributed by atoms with E-state index in [1.165, 1.54) is 4.90 Å². The van der Waals surface area contributed by atoms with Crippen molar-refractivity contribution in [3.8, 4) is 0 Å². The zero-order valence-corrected chi connectivity index (χ0v) is 22.7. The van der Waals surface area contributed by atoms with E-state index < -0.39 is 29.1 Å². The molecule has 0 aliphatic carbocycles. The molecule has 6 rings (SSSR count). The van der Waals surface area contributed by atoms with Gasteiger partial charge in [0.25, 0.3) is 0 Å². The number of carbonyl (C=O) groups is 3. The lowest BCUT2D eigenvalue weighted by Crippen LogP contribution is -2.56. The lowest BCUT2D eigenvalue weighted by molar-refractivity contribution is -0.155. The van der Waals surface area contributed by atoms with Crippen LogP contribution >= 0.6 is 0 Å². The smallest absolute Gasteiger partial charge is 0.249 e. The molecule has 4 aliphatic rings. The lowest BCUT2D eigenvalue weighted by Gasteiger charge is -2.38. The van der Waals surface area contributed by atoms with Crippen LogP contribution < -0.4 is 0 Å². The summed E-state index contributed by atoms with van der Waals surface area (Å²) >= 11 is 0. The molecule has 2 aromatic carbocycles. The second-order valence-corrected chi connectivity index (χ2v) is 11.1. The fourth-order valence-electron chi connectivity index (χ4n) is 7.10. The predicted octanol–water partition coefficient (Wildman–Crippen LogP) is 2.54. The molecule has 5 atom stereocenters. The number of ether oxygens (including phenoxy) is 1. The Morgan fingerprint density at radius 3 is 1.95 bits per heavy atom. The van der Waals surface area contributed by atoms with E-state index in [0.717, 1.165) is 11.1 Å². The third-order valence-electron chi connectivity index (χ3n) is 8.88. The molecule has 4 aliphatic heterocycles. The number of benzene rings is 2. The van der Waals surface area contributed by atoms with Gasteiger partial charge in [-0.25, -0.2) is 0 Å². The number of nitrogens with zero attached hydrogens (tertiary/aromatic N) is 3. The lowest BCUT2D eigenvalue weighted by atomic mass is 9.73. The summed E-state index contributed by atoms with van der Waals surface area (Å²) < 4.78 is 6.95. The largest absolute Gasteiger partial charge is 0.395 e. The Morgan fingerprint density at radius 1 is 0.800 bits per heavy atom. The molecule has 40 heavy (non-hydrogen) atoms. The third kappa shape index (κ3) is 4.09. The highest BCUT2D eigenvalue weighted by molar-refractivity contribution is 6.00. The number of fused-ring (bicyclic) bond motifs is 2. The maximum atomic E-state index is 14.4. The van der Waals surface area contributed by atoms with Crippen molar-refractivity contribution in [3.05, 3.63) is 96.1 Å². The molecule has 3 amide bonds. The van der Waals surface area contributed by atoms with Gasteiger partial charge >= 0.3 is 0 Å². The van der Waals surface area contributed by atoms with Crippen molar-refractivity contribution >= 4 is 17.7 Å².